The molecule has 4 aliphatic heterocycles. The lowest BCUT2D eigenvalue weighted by molar-refractivity contribution is -0.928. The molecule has 0 saturated carbocycles. The molecule has 0 aliphatic carbocycles. The molecule has 4 fully saturated rings. The standard InChI is InChI=1S/C40H74N2O8/c1-29(2)39(47,31(5)43)37(45)49-27-33-23-35-17-15-21-41(35,25-33)19-13-11-9-7-8-10-12-14-20-42-22-16-18-36(42)24-34(26-42)28-50-38(46)40(48,30(3)4)32(6)44/h29-36,43-44,47-48H,7-28H2,1-6H3/q+2/t31-,32+,33+,34-,35-,36+,39+,40-,41-,42-/m1/s1. The van der Waals surface area contributed by atoms with Gasteiger partial charge in [-0.2, -0.15) is 0 Å². The highest BCUT2D eigenvalue weighted by Crippen LogP contribution is 2.41. The van der Waals surface area contributed by atoms with Crippen molar-refractivity contribution < 1.29 is 48.5 Å². The van der Waals surface area contributed by atoms with Gasteiger partial charge in [-0.1, -0.05) is 53.4 Å². The molecule has 4 aliphatic rings. The number of fused-ring (bicyclic) bond motifs is 2. The van der Waals surface area contributed by atoms with Gasteiger partial charge >= 0.3 is 11.9 Å². The van der Waals surface area contributed by atoms with Gasteiger partial charge < -0.3 is 38.9 Å². The maximum atomic E-state index is 12.7. The average molecular weight is 711 g/mol. The Bertz CT molecular complexity index is 997. The maximum Gasteiger partial charge on any atom is 0.341 e. The van der Waals surface area contributed by atoms with E-state index in [2.05, 4.69) is 0 Å². The lowest BCUT2D eigenvalue weighted by Gasteiger charge is -2.35. The van der Waals surface area contributed by atoms with Crippen LogP contribution in [0.1, 0.15) is 131 Å². The number of quaternary nitrogens is 2. The second-order valence-electron chi connectivity index (χ2n) is 17.8. The number of hydrogen-bond donors (Lipinski definition) is 4. The number of rotatable bonds is 21. The monoisotopic (exact) mass is 711 g/mol. The third kappa shape index (κ3) is 9.07. The van der Waals surface area contributed by atoms with E-state index >= 15 is 0 Å². The molecule has 0 aromatic rings. The number of unbranched alkanes of at least 4 members (excludes halogenated alkanes) is 7. The van der Waals surface area contributed by atoms with Crippen molar-refractivity contribution in [1.82, 2.24) is 0 Å². The fraction of sp³-hybridized carbons (Fsp3) is 0.950. The second kappa shape index (κ2) is 17.7. The van der Waals surface area contributed by atoms with E-state index in [9.17, 15) is 30.0 Å². The Labute approximate surface area is 303 Å². The van der Waals surface area contributed by atoms with Crippen molar-refractivity contribution in [2.24, 2.45) is 23.7 Å². The first-order valence-corrected chi connectivity index (χ1v) is 20.5. The number of carbonyl (C=O) groups is 2. The van der Waals surface area contributed by atoms with Crippen molar-refractivity contribution in [3.63, 3.8) is 0 Å². The molecule has 0 aromatic heterocycles. The van der Waals surface area contributed by atoms with Gasteiger partial charge in [0.2, 0.25) is 0 Å². The first-order chi connectivity index (χ1) is 23.6. The van der Waals surface area contributed by atoms with Crippen LogP contribution in [0.15, 0.2) is 0 Å². The molecule has 0 aromatic carbocycles. The SMILES string of the molecule is CC(C)[C@](O)(C(=O)OC[C@@H]1C[C@@H]2CCC[N@+]2(CCCCCCCCCC[N@+]23CCC[C@@H]2C[C@H](COC(=O)[C@](O)(C(C)C)[C@@H](C)O)C3)C1)[C@H](C)O. The van der Waals surface area contributed by atoms with E-state index in [1.165, 1.54) is 126 Å². The predicted octanol–water partition coefficient (Wildman–Crippen LogP) is 4.73. The van der Waals surface area contributed by atoms with Crippen LogP contribution in [0.25, 0.3) is 0 Å². The first-order valence-electron chi connectivity index (χ1n) is 20.5. The zero-order valence-electron chi connectivity index (χ0n) is 32.5. The number of ether oxygens (including phenoxy) is 2. The van der Waals surface area contributed by atoms with E-state index in [1.807, 2.05) is 0 Å². The molecular formula is C40H74N2O8+2. The number of aliphatic hydroxyl groups excluding tert-OH is 2. The van der Waals surface area contributed by atoms with Gasteiger partial charge in [0.1, 0.15) is 0 Å². The summed E-state index contributed by atoms with van der Waals surface area (Å²) in [5.74, 6) is -1.58. The summed E-state index contributed by atoms with van der Waals surface area (Å²) in [5, 5.41) is 41.7. The second-order valence-corrected chi connectivity index (χ2v) is 17.8. The van der Waals surface area contributed by atoms with Crippen LogP contribution < -0.4 is 0 Å². The molecule has 4 rings (SSSR count). The molecule has 10 heteroatoms. The summed E-state index contributed by atoms with van der Waals surface area (Å²) >= 11 is 0. The minimum Gasteiger partial charge on any atom is -0.463 e. The fourth-order valence-electron chi connectivity index (χ4n) is 10.6. The van der Waals surface area contributed by atoms with Crippen molar-refractivity contribution in [1.29, 1.82) is 0 Å². The zero-order chi connectivity index (χ0) is 36.7. The third-order valence-electron chi connectivity index (χ3n) is 13.8. The average Bonchev–Trinajstić information content (AvgIpc) is 3.80. The van der Waals surface area contributed by atoms with Crippen LogP contribution in [-0.4, -0.2) is 129 Å². The van der Waals surface area contributed by atoms with E-state index in [-0.39, 0.29) is 0 Å². The van der Waals surface area contributed by atoms with Crippen LogP contribution in [-0.2, 0) is 19.1 Å². The van der Waals surface area contributed by atoms with Crippen molar-refractivity contribution in [3.8, 4) is 0 Å². The quantitative estimate of drug-likeness (QED) is 0.0764. The molecule has 10 nitrogen and oxygen atoms in total. The minimum absolute atomic E-state index is 0.326. The van der Waals surface area contributed by atoms with E-state index in [0.717, 1.165) is 25.9 Å². The molecule has 50 heavy (non-hydrogen) atoms. The van der Waals surface area contributed by atoms with Crippen LogP contribution in [0.2, 0.25) is 0 Å². The minimum atomic E-state index is -1.86. The van der Waals surface area contributed by atoms with Crippen LogP contribution in [0.4, 0.5) is 0 Å². The molecule has 290 valence electrons. The van der Waals surface area contributed by atoms with Crippen molar-refractivity contribution in [3.05, 3.63) is 0 Å². The molecule has 10 atom stereocenters. The smallest absolute Gasteiger partial charge is 0.341 e. The first kappa shape index (κ1) is 41.5. The van der Waals surface area contributed by atoms with E-state index in [4.69, 9.17) is 9.47 Å². The molecule has 4 saturated heterocycles. The molecular weight excluding hydrogens is 636 g/mol. The van der Waals surface area contributed by atoms with Crippen molar-refractivity contribution in [2.45, 2.75) is 167 Å². The maximum absolute atomic E-state index is 12.7. The summed E-state index contributed by atoms with van der Waals surface area (Å²) in [4.78, 5) is 25.5. The van der Waals surface area contributed by atoms with Crippen LogP contribution in [0, 0.1) is 23.7 Å². The van der Waals surface area contributed by atoms with E-state index < -0.39 is 47.2 Å². The Morgan fingerprint density at radius 3 is 1.28 bits per heavy atom. The van der Waals surface area contributed by atoms with Crippen molar-refractivity contribution >= 4 is 11.9 Å². The van der Waals surface area contributed by atoms with Gasteiger partial charge in [0, 0.05) is 50.4 Å². The van der Waals surface area contributed by atoms with Crippen molar-refractivity contribution in [2.75, 3.05) is 52.5 Å². The third-order valence-corrected chi connectivity index (χ3v) is 13.8. The zero-order valence-corrected chi connectivity index (χ0v) is 32.5. The Balaban J connectivity index is 1.08. The Morgan fingerprint density at radius 1 is 0.620 bits per heavy atom. The summed E-state index contributed by atoms with van der Waals surface area (Å²) in [5.41, 5.74) is -3.72. The lowest BCUT2D eigenvalue weighted by Crippen LogP contribution is -2.53. The largest absolute Gasteiger partial charge is 0.463 e. The molecule has 0 spiro atoms. The highest BCUT2D eigenvalue weighted by molar-refractivity contribution is 5.81. The molecule has 0 bridgehead atoms. The predicted molar refractivity (Wildman–Crippen MR) is 194 cm³/mol. The van der Waals surface area contributed by atoms with Gasteiger partial charge in [0.25, 0.3) is 0 Å². The summed E-state index contributed by atoms with van der Waals surface area (Å²) in [6.07, 6.45) is 15.2. The number of hydrogen-bond acceptors (Lipinski definition) is 8. The molecule has 0 amide bonds. The summed E-state index contributed by atoms with van der Waals surface area (Å²) in [6.45, 7) is 17.5. The van der Waals surface area contributed by atoms with Gasteiger partial charge in [-0.15, -0.1) is 0 Å². The van der Waals surface area contributed by atoms with Crippen LogP contribution >= 0.6 is 0 Å². The number of esters is 2. The Morgan fingerprint density at radius 2 is 0.960 bits per heavy atom. The normalized spacial score (nSPS) is 32.8. The van der Waals surface area contributed by atoms with E-state index in [1.54, 1.807) is 27.7 Å². The van der Waals surface area contributed by atoms with Crippen LogP contribution in [0.5, 0.6) is 0 Å². The molecule has 0 radical (unpaired) electrons. The topological polar surface area (TPSA) is 134 Å². The van der Waals surface area contributed by atoms with Crippen LogP contribution in [0.3, 0.4) is 0 Å². The molecule has 4 N–H and O–H groups in total. The number of nitrogens with zero attached hydrogens (tertiary/aromatic N) is 2. The molecule has 0 unspecified atom stereocenters. The number of carbonyl (C=O) groups excluding carboxylic acids is 2. The Kier molecular flexibility index (Phi) is 14.7. The highest BCUT2D eigenvalue weighted by atomic mass is 16.6. The summed E-state index contributed by atoms with van der Waals surface area (Å²) in [7, 11) is 0. The van der Waals surface area contributed by atoms with E-state index in [0.29, 0.717) is 37.1 Å². The van der Waals surface area contributed by atoms with Gasteiger partial charge in [-0.3, -0.25) is 0 Å². The van der Waals surface area contributed by atoms with Gasteiger partial charge in [-0.05, 0) is 51.4 Å². The lowest BCUT2D eigenvalue weighted by atomic mass is 9.85. The fourth-order valence-corrected chi connectivity index (χ4v) is 10.6. The summed E-state index contributed by atoms with van der Waals surface area (Å²) < 4.78 is 13.6. The number of aliphatic hydroxyl groups is 4. The highest BCUT2D eigenvalue weighted by Gasteiger charge is 2.52. The van der Waals surface area contributed by atoms with Gasteiger partial charge in [0.15, 0.2) is 11.2 Å². The molecule has 4 heterocycles. The van der Waals surface area contributed by atoms with Gasteiger partial charge in [-0.25, -0.2) is 9.59 Å². The summed E-state index contributed by atoms with van der Waals surface area (Å²) in [6, 6.07) is 1.34. The van der Waals surface area contributed by atoms with Gasteiger partial charge in [0.05, 0.1) is 76.8 Å². The Hall–Kier alpha value is -1.30.